The predicted molar refractivity (Wildman–Crippen MR) is 128 cm³/mol. The first-order valence-corrected chi connectivity index (χ1v) is 10.7. The molecule has 0 heterocycles. The van der Waals surface area contributed by atoms with Gasteiger partial charge in [0.05, 0.1) is 5.71 Å². The fourth-order valence-corrected chi connectivity index (χ4v) is 3.63. The Labute approximate surface area is 185 Å². The molecule has 3 aromatic rings. The maximum Gasteiger partial charge on any atom is 0.331 e. The summed E-state index contributed by atoms with van der Waals surface area (Å²) in [4.78, 5) is 18.2. The Morgan fingerprint density at radius 3 is 1.77 bits per heavy atom. The van der Waals surface area contributed by atoms with E-state index in [9.17, 15) is 4.79 Å². The summed E-state index contributed by atoms with van der Waals surface area (Å²) in [5.74, 6) is -0.309. The van der Waals surface area contributed by atoms with Crippen molar-refractivity contribution in [3.63, 3.8) is 0 Å². The Morgan fingerprint density at radius 2 is 1.32 bits per heavy atom. The zero-order valence-electron chi connectivity index (χ0n) is 19.1. The molecule has 0 fully saturated rings. The van der Waals surface area contributed by atoms with Gasteiger partial charge < -0.3 is 4.74 Å². The molecule has 3 nitrogen and oxygen atoms in total. The monoisotopic (exact) mass is 413 g/mol. The minimum Gasteiger partial charge on any atom is -0.458 e. The third-order valence-electron chi connectivity index (χ3n) is 4.77. The van der Waals surface area contributed by atoms with E-state index >= 15 is 0 Å². The third kappa shape index (κ3) is 6.65. The summed E-state index contributed by atoms with van der Waals surface area (Å²) in [5, 5.41) is 0. The Morgan fingerprint density at radius 1 is 0.839 bits per heavy atom. The predicted octanol–water partition coefficient (Wildman–Crippen LogP) is 6.09. The van der Waals surface area contributed by atoms with E-state index in [-0.39, 0.29) is 5.97 Å². The average molecular weight is 414 g/mol. The van der Waals surface area contributed by atoms with Gasteiger partial charge in [0.15, 0.2) is 6.04 Å². The molecular formula is C28H31NO2. The normalized spacial score (nSPS) is 12.2. The number of aryl methyl sites for hydroxylation is 2. The van der Waals surface area contributed by atoms with Gasteiger partial charge in [0.25, 0.3) is 0 Å². The Hall–Kier alpha value is -3.20. The van der Waals surface area contributed by atoms with Crippen LogP contribution in [0.15, 0.2) is 83.9 Å². The van der Waals surface area contributed by atoms with Crippen LogP contribution in [0.1, 0.15) is 48.6 Å². The molecular weight excluding hydrogens is 382 g/mol. The van der Waals surface area contributed by atoms with Crippen LogP contribution in [0.4, 0.5) is 0 Å². The summed E-state index contributed by atoms with van der Waals surface area (Å²) in [7, 11) is 0. The first-order chi connectivity index (χ1) is 14.7. The van der Waals surface area contributed by atoms with Crippen molar-refractivity contribution in [2.24, 2.45) is 4.99 Å². The van der Waals surface area contributed by atoms with Crippen LogP contribution in [0.25, 0.3) is 0 Å². The zero-order chi connectivity index (χ0) is 22.4. The molecule has 1 atom stereocenters. The van der Waals surface area contributed by atoms with Crippen molar-refractivity contribution in [1.82, 2.24) is 0 Å². The van der Waals surface area contributed by atoms with E-state index in [1.54, 1.807) is 0 Å². The second-order valence-corrected chi connectivity index (χ2v) is 8.96. The first-order valence-electron chi connectivity index (χ1n) is 10.7. The largest absolute Gasteiger partial charge is 0.458 e. The van der Waals surface area contributed by atoms with Crippen molar-refractivity contribution in [2.45, 2.75) is 52.7 Å². The number of aliphatic imine (C=N–C) groups is 1. The van der Waals surface area contributed by atoms with E-state index in [2.05, 4.69) is 32.0 Å². The minimum atomic E-state index is -0.643. The van der Waals surface area contributed by atoms with Crippen molar-refractivity contribution in [1.29, 1.82) is 0 Å². The molecule has 3 aromatic carbocycles. The van der Waals surface area contributed by atoms with E-state index < -0.39 is 11.6 Å². The number of ether oxygens (including phenoxy) is 1. The Balaban J connectivity index is 2.08. The lowest BCUT2D eigenvalue weighted by atomic mass is 9.99. The summed E-state index contributed by atoms with van der Waals surface area (Å²) < 4.78 is 5.76. The van der Waals surface area contributed by atoms with Crippen LogP contribution in [0, 0.1) is 13.8 Å². The van der Waals surface area contributed by atoms with Gasteiger partial charge in [-0.05, 0) is 40.2 Å². The topological polar surface area (TPSA) is 38.7 Å². The fourth-order valence-electron chi connectivity index (χ4n) is 3.63. The lowest BCUT2D eigenvalue weighted by Gasteiger charge is -2.23. The van der Waals surface area contributed by atoms with E-state index in [0.717, 1.165) is 22.4 Å². The van der Waals surface area contributed by atoms with Gasteiger partial charge in [-0.15, -0.1) is 0 Å². The van der Waals surface area contributed by atoms with Crippen molar-refractivity contribution in [3.8, 4) is 0 Å². The number of benzene rings is 3. The highest BCUT2D eigenvalue weighted by Gasteiger charge is 2.26. The zero-order valence-corrected chi connectivity index (χ0v) is 19.1. The van der Waals surface area contributed by atoms with Gasteiger partial charge in [-0.3, -0.25) is 4.99 Å². The SMILES string of the molecule is Cc1cc(C)cc(C[C@@H](N=C(c2ccccc2)c2ccccc2)C(=O)OC(C)(C)C)c1. The van der Waals surface area contributed by atoms with Crippen LogP contribution in [-0.2, 0) is 16.0 Å². The molecule has 0 radical (unpaired) electrons. The number of carbonyl (C=O) groups is 1. The number of hydrogen-bond donors (Lipinski definition) is 0. The minimum absolute atomic E-state index is 0.309. The molecule has 0 amide bonds. The van der Waals surface area contributed by atoms with E-state index in [0.29, 0.717) is 6.42 Å². The molecule has 0 unspecified atom stereocenters. The van der Waals surface area contributed by atoms with E-state index in [4.69, 9.17) is 9.73 Å². The van der Waals surface area contributed by atoms with Crippen LogP contribution in [0.5, 0.6) is 0 Å². The molecule has 0 N–H and O–H groups in total. The van der Waals surface area contributed by atoms with Gasteiger partial charge in [0.1, 0.15) is 5.60 Å². The van der Waals surface area contributed by atoms with Gasteiger partial charge in [-0.25, -0.2) is 4.79 Å². The van der Waals surface area contributed by atoms with Gasteiger partial charge in [-0.1, -0.05) is 90.0 Å². The Kier molecular flexibility index (Phi) is 7.06. The molecule has 0 saturated carbocycles. The Bertz CT molecular complexity index is 986. The molecule has 0 saturated heterocycles. The van der Waals surface area contributed by atoms with Crippen LogP contribution in [0.2, 0.25) is 0 Å². The number of nitrogens with zero attached hydrogens (tertiary/aromatic N) is 1. The summed E-state index contributed by atoms with van der Waals surface area (Å²) >= 11 is 0. The van der Waals surface area contributed by atoms with Gasteiger partial charge in [0.2, 0.25) is 0 Å². The molecule has 0 aliphatic rings. The van der Waals surface area contributed by atoms with Crippen molar-refractivity contribution in [3.05, 3.63) is 107 Å². The van der Waals surface area contributed by atoms with Gasteiger partial charge in [0, 0.05) is 17.5 Å². The lowest BCUT2D eigenvalue weighted by molar-refractivity contribution is -0.156. The highest BCUT2D eigenvalue weighted by Crippen LogP contribution is 2.19. The van der Waals surface area contributed by atoms with Gasteiger partial charge >= 0.3 is 5.97 Å². The van der Waals surface area contributed by atoms with Crippen molar-refractivity contribution >= 4 is 11.7 Å². The van der Waals surface area contributed by atoms with Crippen LogP contribution in [0.3, 0.4) is 0 Å². The van der Waals surface area contributed by atoms with E-state index in [1.165, 1.54) is 11.1 Å². The van der Waals surface area contributed by atoms with Crippen molar-refractivity contribution < 1.29 is 9.53 Å². The first kappa shape index (κ1) is 22.5. The van der Waals surface area contributed by atoms with Crippen LogP contribution >= 0.6 is 0 Å². The molecule has 0 bridgehead atoms. The van der Waals surface area contributed by atoms with Crippen LogP contribution < -0.4 is 0 Å². The number of carbonyl (C=O) groups excluding carboxylic acids is 1. The second kappa shape index (κ2) is 9.74. The quantitative estimate of drug-likeness (QED) is 0.362. The van der Waals surface area contributed by atoms with Crippen LogP contribution in [-0.4, -0.2) is 23.3 Å². The summed E-state index contributed by atoms with van der Waals surface area (Å²) in [6, 6.07) is 25.7. The molecule has 0 aliphatic heterocycles. The maximum absolute atomic E-state index is 13.2. The molecule has 31 heavy (non-hydrogen) atoms. The molecule has 0 aliphatic carbocycles. The smallest absolute Gasteiger partial charge is 0.331 e. The fraction of sp³-hybridized carbons (Fsp3) is 0.286. The summed E-state index contributed by atoms with van der Waals surface area (Å²) in [6.07, 6.45) is 0.487. The third-order valence-corrected chi connectivity index (χ3v) is 4.77. The number of esters is 1. The molecule has 0 aromatic heterocycles. The highest BCUT2D eigenvalue weighted by molar-refractivity contribution is 6.13. The molecule has 0 spiro atoms. The molecule has 160 valence electrons. The van der Waals surface area contributed by atoms with E-state index in [1.807, 2.05) is 81.4 Å². The summed E-state index contributed by atoms with van der Waals surface area (Å²) in [6.45, 7) is 9.80. The van der Waals surface area contributed by atoms with Crippen molar-refractivity contribution in [2.75, 3.05) is 0 Å². The highest BCUT2D eigenvalue weighted by atomic mass is 16.6. The van der Waals surface area contributed by atoms with Gasteiger partial charge in [-0.2, -0.15) is 0 Å². The number of hydrogen-bond acceptors (Lipinski definition) is 3. The summed E-state index contributed by atoms with van der Waals surface area (Å²) in [5.41, 5.74) is 5.60. The average Bonchev–Trinajstić information content (AvgIpc) is 2.70. The maximum atomic E-state index is 13.2. The standard InChI is InChI=1S/C28H31NO2/c1-20-16-21(2)18-22(17-20)19-25(27(30)31-28(3,4)5)29-26(23-12-8-6-9-13-23)24-14-10-7-11-15-24/h6-18,25H,19H2,1-5H3/t25-/m1/s1. The number of rotatable bonds is 6. The second-order valence-electron chi connectivity index (χ2n) is 8.96. The lowest BCUT2D eigenvalue weighted by Crippen LogP contribution is -2.33. The molecule has 3 heteroatoms. The molecule has 3 rings (SSSR count).